The molecule has 1 aliphatic rings. The molecule has 2 aromatic carbocycles. The molecule has 0 radical (unpaired) electrons. The van der Waals surface area contributed by atoms with Crippen molar-refractivity contribution in [3.05, 3.63) is 65.4 Å². The fourth-order valence-electron chi connectivity index (χ4n) is 2.41. The molecule has 0 aromatic heterocycles. The minimum absolute atomic E-state index is 0.00888. The second kappa shape index (κ2) is 8.88. The van der Waals surface area contributed by atoms with Crippen LogP contribution in [0.2, 0.25) is 0 Å². The Bertz CT molecular complexity index is 1120. The van der Waals surface area contributed by atoms with E-state index < -0.39 is 44.1 Å². The average molecular weight is 437 g/mol. The minimum Gasteiger partial charge on any atom is -0.505 e. The van der Waals surface area contributed by atoms with Crippen molar-refractivity contribution in [3.8, 4) is 0 Å². The van der Waals surface area contributed by atoms with Crippen molar-refractivity contribution in [2.45, 2.75) is 4.90 Å². The maximum absolute atomic E-state index is 12.4. The molecular formula is C18H19N3O6S2. The van der Waals surface area contributed by atoms with Gasteiger partial charge in [0.1, 0.15) is 0 Å². The van der Waals surface area contributed by atoms with Gasteiger partial charge >= 0.3 is 0 Å². The first-order valence-corrected chi connectivity index (χ1v) is 11.5. The van der Waals surface area contributed by atoms with Gasteiger partial charge < -0.3 is 16.2 Å². The maximum atomic E-state index is 12.4. The summed E-state index contributed by atoms with van der Waals surface area (Å²) in [7, 11) is -4.62. The van der Waals surface area contributed by atoms with E-state index in [-0.39, 0.29) is 21.7 Å². The summed E-state index contributed by atoms with van der Waals surface area (Å²) in [5.74, 6) is -2.20. The third kappa shape index (κ3) is 5.21. The molecule has 1 aliphatic heterocycles. The summed E-state index contributed by atoms with van der Waals surface area (Å²) in [4.78, 5) is 23.7. The number of hydrogen-bond acceptors (Lipinski definition) is 6. The molecule has 0 saturated heterocycles. The number of rotatable bonds is 3. The number of hydrogen-bond donors (Lipinski definition) is 4. The van der Waals surface area contributed by atoms with Gasteiger partial charge in [-0.15, -0.1) is 0 Å². The SMILES string of the molecule is CS(C)=O.NC(=O)c1ccccc1NC(=O)C1=C(O)c2ccccc2S(=O)(=O)N1. The Kier molecular flexibility index (Phi) is 6.77. The van der Waals surface area contributed by atoms with Crippen LogP contribution >= 0.6 is 0 Å². The summed E-state index contributed by atoms with van der Waals surface area (Å²) in [6, 6.07) is 11.7. The number of fused-ring (bicyclic) bond motifs is 1. The van der Waals surface area contributed by atoms with Gasteiger partial charge in [0.25, 0.3) is 21.8 Å². The number of nitrogens with one attached hydrogen (secondary N) is 2. The van der Waals surface area contributed by atoms with Crippen molar-refractivity contribution in [1.29, 1.82) is 0 Å². The van der Waals surface area contributed by atoms with E-state index >= 15 is 0 Å². The van der Waals surface area contributed by atoms with E-state index in [4.69, 9.17) is 5.73 Å². The van der Waals surface area contributed by atoms with Crippen LogP contribution in [0.25, 0.3) is 5.76 Å². The zero-order chi connectivity index (χ0) is 21.8. The zero-order valence-electron chi connectivity index (χ0n) is 15.5. The van der Waals surface area contributed by atoms with E-state index in [1.165, 1.54) is 36.4 Å². The standard InChI is InChI=1S/C16H13N3O5S.C2H6OS/c17-15(21)9-5-1-3-7-11(9)18-16(22)13-14(20)10-6-2-4-8-12(10)25(23,24)19-13;1-4(2)3/h1-8,19-20H,(H2,17,21)(H,18,22);1-2H3. The molecule has 0 aliphatic carbocycles. The number of primary amides is 1. The highest BCUT2D eigenvalue weighted by molar-refractivity contribution is 7.89. The van der Waals surface area contributed by atoms with E-state index in [1.54, 1.807) is 24.6 Å². The molecule has 3 rings (SSSR count). The Morgan fingerprint density at radius 1 is 1.07 bits per heavy atom. The molecule has 2 amide bonds. The first-order valence-electron chi connectivity index (χ1n) is 8.05. The highest BCUT2D eigenvalue weighted by Crippen LogP contribution is 2.29. The Balaban J connectivity index is 0.000000687. The van der Waals surface area contributed by atoms with Crippen LogP contribution in [0.1, 0.15) is 15.9 Å². The lowest BCUT2D eigenvalue weighted by Gasteiger charge is -2.21. The summed E-state index contributed by atoms with van der Waals surface area (Å²) in [5.41, 5.74) is 4.85. The van der Waals surface area contributed by atoms with Crippen molar-refractivity contribution in [3.63, 3.8) is 0 Å². The van der Waals surface area contributed by atoms with E-state index in [2.05, 4.69) is 5.32 Å². The van der Waals surface area contributed by atoms with Gasteiger partial charge in [-0.1, -0.05) is 24.3 Å². The lowest BCUT2D eigenvalue weighted by atomic mass is 10.1. The summed E-state index contributed by atoms with van der Waals surface area (Å²) >= 11 is 0. The van der Waals surface area contributed by atoms with E-state index in [1.807, 2.05) is 4.72 Å². The van der Waals surface area contributed by atoms with Crippen LogP contribution in [0, 0.1) is 0 Å². The number of sulfonamides is 1. The monoisotopic (exact) mass is 437 g/mol. The van der Waals surface area contributed by atoms with Crippen LogP contribution in [-0.4, -0.2) is 42.1 Å². The highest BCUT2D eigenvalue weighted by atomic mass is 32.2. The van der Waals surface area contributed by atoms with Gasteiger partial charge in [-0.05, 0) is 24.3 Å². The topological polar surface area (TPSA) is 156 Å². The van der Waals surface area contributed by atoms with Gasteiger partial charge in [0, 0.05) is 28.9 Å². The van der Waals surface area contributed by atoms with E-state index in [0.29, 0.717) is 0 Å². The van der Waals surface area contributed by atoms with Crippen molar-refractivity contribution in [2.24, 2.45) is 5.73 Å². The first-order chi connectivity index (χ1) is 13.5. The number of carbonyl (C=O) groups excluding carboxylic acids is 2. The molecule has 0 fully saturated rings. The normalized spacial score (nSPS) is 14.2. The number of nitrogens with two attached hydrogens (primary N) is 1. The Morgan fingerprint density at radius 2 is 1.62 bits per heavy atom. The van der Waals surface area contributed by atoms with E-state index in [9.17, 15) is 27.3 Å². The fraction of sp³-hybridized carbons (Fsp3) is 0.111. The molecule has 9 nitrogen and oxygen atoms in total. The van der Waals surface area contributed by atoms with Crippen LogP contribution in [-0.2, 0) is 25.6 Å². The van der Waals surface area contributed by atoms with E-state index in [0.717, 1.165) is 0 Å². The maximum Gasteiger partial charge on any atom is 0.276 e. The van der Waals surface area contributed by atoms with Gasteiger partial charge in [-0.3, -0.25) is 18.5 Å². The lowest BCUT2D eigenvalue weighted by molar-refractivity contribution is -0.113. The summed E-state index contributed by atoms with van der Waals surface area (Å²) in [6.07, 6.45) is 3.28. The summed E-state index contributed by atoms with van der Waals surface area (Å²) in [5, 5.41) is 12.7. The van der Waals surface area contributed by atoms with Gasteiger partial charge in [0.15, 0.2) is 11.5 Å². The molecular weight excluding hydrogens is 418 g/mol. The number of aliphatic hydroxyl groups is 1. The highest BCUT2D eigenvalue weighted by Gasteiger charge is 2.32. The molecule has 154 valence electrons. The molecule has 5 N–H and O–H groups in total. The smallest absolute Gasteiger partial charge is 0.276 e. The zero-order valence-corrected chi connectivity index (χ0v) is 17.1. The average Bonchev–Trinajstić information content (AvgIpc) is 2.64. The minimum atomic E-state index is -4.01. The Labute approximate surface area is 170 Å². The quantitative estimate of drug-likeness (QED) is 0.560. The van der Waals surface area contributed by atoms with Gasteiger partial charge in [-0.25, -0.2) is 8.42 Å². The Morgan fingerprint density at radius 3 is 2.24 bits per heavy atom. The largest absolute Gasteiger partial charge is 0.505 e. The molecule has 2 aromatic rings. The van der Waals surface area contributed by atoms with Crippen molar-refractivity contribution in [1.82, 2.24) is 4.72 Å². The number of anilines is 1. The molecule has 0 unspecified atom stereocenters. The van der Waals surface area contributed by atoms with Gasteiger partial charge in [-0.2, -0.15) is 0 Å². The van der Waals surface area contributed by atoms with Crippen LogP contribution in [0.4, 0.5) is 5.69 Å². The summed E-state index contributed by atoms with van der Waals surface area (Å²) < 4.78 is 36.1. The number of para-hydroxylation sites is 1. The second-order valence-electron chi connectivity index (χ2n) is 5.93. The third-order valence-electron chi connectivity index (χ3n) is 3.57. The van der Waals surface area contributed by atoms with Gasteiger partial charge in [0.2, 0.25) is 0 Å². The molecule has 1 heterocycles. The van der Waals surface area contributed by atoms with Crippen LogP contribution in [0.3, 0.4) is 0 Å². The predicted octanol–water partition coefficient (Wildman–Crippen LogP) is 0.937. The van der Waals surface area contributed by atoms with Crippen molar-refractivity contribution in [2.75, 3.05) is 17.8 Å². The molecule has 0 saturated carbocycles. The predicted molar refractivity (Wildman–Crippen MR) is 110 cm³/mol. The molecule has 29 heavy (non-hydrogen) atoms. The number of aliphatic hydroxyl groups excluding tert-OH is 1. The fourth-order valence-corrected chi connectivity index (χ4v) is 3.69. The molecule has 0 atom stereocenters. The number of amides is 2. The number of benzene rings is 2. The molecule has 0 spiro atoms. The van der Waals surface area contributed by atoms with Gasteiger partial charge in [0.05, 0.1) is 16.1 Å². The summed E-state index contributed by atoms with van der Waals surface area (Å²) in [6.45, 7) is 0. The number of carbonyl (C=O) groups is 2. The molecule has 0 bridgehead atoms. The Hall–Kier alpha value is -3.18. The molecule has 11 heteroatoms. The third-order valence-corrected chi connectivity index (χ3v) is 4.98. The lowest BCUT2D eigenvalue weighted by Crippen LogP contribution is -2.35. The van der Waals surface area contributed by atoms with Crippen LogP contribution in [0.15, 0.2) is 59.1 Å². The van der Waals surface area contributed by atoms with Crippen LogP contribution in [0.5, 0.6) is 0 Å². The van der Waals surface area contributed by atoms with Crippen LogP contribution < -0.4 is 15.8 Å². The van der Waals surface area contributed by atoms with Crippen molar-refractivity contribution >= 4 is 44.1 Å². The van der Waals surface area contributed by atoms with Crippen molar-refractivity contribution < 1.29 is 27.3 Å². The second-order valence-corrected chi connectivity index (χ2v) is 9.06. The first kappa shape index (κ1) is 22.1.